The molecule has 0 fully saturated rings. The number of carbonyl (C=O) groups is 1. The molecule has 0 amide bonds. The van der Waals surface area contributed by atoms with Crippen molar-refractivity contribution in [1.82, 2.24) is 0 Å². The van der Waals surface area contributed by atoms with Crippen LogP contribution in [0.1, 0.15) is 11.1 Å². The maximum absolute atomic E-state index is 10.7. The first kappa shape index (κ1) is 7.86. The minimum atomic E-state index is -0.913. The number of hydrogen-bond donors (Lipinski definition) is 2. The molecule has 2 N–H and O–H groups in total. The summed E-state index contributed by atoms with van der Waals surface area (Å²) in [6.45, 7) is 0. The number of phenolic OH excluding ortho intramolecular Hbond substituents is 1. The smallest absolute Gasteiger partial charge is 0.335 e. The lowest BCUT2D eigenvalue weighted by Crippen LogP contribution is -1.97. The molecule has 3 nitrogen and oxygen atoms in total. The molecule has 13 heavy (non-hydrogen) atoms. The second-order valence-electron chi connectivity index (χ2n) is 2.97. The molecule has 0 bridgehead atoms. The molecular weight excluding hydrogens is 168 g/mol. The Balaban J connectivity index is 2.51. The van der Waals surface area contributed by atoms with E-state index in [9.17, 15) is 4.79 Å². The third kappa shape index (κ3) is 1.18. The molecule has 1 aliphatic carbocycles. The van der Waals surface area contributed by atoms with E-state index in [1.165, 1.54) is 6.07 Å². The van der Waals surface area contributed by atoms with Gasteiger partial charge in [-0.15, -0.1) is 0 Å². The molecule has 0 spiro atoms. The first-order valence-corrected chi connectivity index (χ1v) is 3.94. The highest BCUT2D eigenvalue weighted by Crippen LogP contribution is 2.29. The number of carboxylic acids is 1. The molecule has 1 aliphatic rings. The summed E-state index contributed by atoms with van der Waals surface area (Å²) in [5.41, 5.74) is 1.91. The molecule has 0 atom stereocenters. The standard InChI is InChI=1S/C10H8O3/c11-7-2-4-8-6(5-7)1-3-9(8)10(12)13/h2-5,11H,1H2,(H,12,13). The number of rotatable bonds is 1. The van der Waals surface area contributed by atoms with Crippen LogP contribution in [0.2, 0.25) is 0 Å². The Morgan fingerprint density at radius 3 is 2.85 bits per heavy atom. The molecule has 0 aliphatic heterocycles. The number of aliphatic carboxylic acids is 1. The molecule has 0 radical (unpaired) electrons. The van der Waals surface area contributed by atoms with E-state index in [-0.39, 0.29) is 5.75 Å². The molecular formula is C10H8O3. The summed E-state index contributed by atoms with van der Waals surface area (Å²) >= 11 is 0. The van der Waals surface area contributed by atoms with Crippen LogP contribution in [0.5, 0.6) is 5.75 Å². The van der Waals surface area contributed by atoms with Crippen LogP contribution < -0.4 is 0 Å². The van der Waals surface area contributed by atoms with Crippen molar-refractivity contribution in [3.05, 3.63) is 35.4 Å². The van der Waals surface area contributed by atoms with Crippen LogP contribution in [0.4, 0.5) is 0 Å². The van der Waals surface area contributed by atoms with E-state index in [2.05, 4.69) is 0 Å². The van der Waals surface area contributed by atoms with Gasteiger partial charge in [-0.25, -0.2) is 4.79 Å². The number of benzene rings is 1. The van der Waals surface area contributed by atoms with E-state index < -0.39 is 5.97 Å². The number of fused-ring (bicyclic) bond motifs is 1. The van der Waals surface area contributed by atoms with Crippen molar-refractivity contribution in [2.75, 3.05) is 0 Å². The fraction of sp³-hybridized carbons (Fsp3) is 0.100. The quantitative estimate of drug-likeness (QED) is 0.680. The summed E-state index contributed by atoms with van der Waals surface area (Å²) in [6.07, 6.45) is 2.25. The summed E-state index contributed by atoms with van der Waals surface area (Å²) < 4.78 is 0. The zero-order valence-electron chi connectivity index (χ0n) is 6.82. The minimum Gasteiger partial charge on any atom is -0.508 e. The summed E-state index contributed by atoms with van der Waals surface area (Å²) in [4.78, 5) is 10.7. The van der Waals surface area contributed by atoms with Gasteiger partial charge in [-0.2, -0.15) is 0 Å². The number of aromatic hydroxyl groups is 1. The Hall–Kier alpha value is -1.77. The Labute approximate surface area is 74.9 Å². The number of hydrogen-bond acceptors (Lipinski definition) is 2. The van der Waals surface area contributed by atoms with Crippen LogP contribution in [0, 0.1) is 0 Å². The number of allylic oxidation sites excluding steroid dienone is 1. The third-order valence-corrected chi connectivity index (χ3v) is 2.14. The van der Waals surface area contributed by atoms with Crippen LogP contribution in [-0.2, 0) is 11.2 Å². The van der Waals surface area contributed by atoms with E-state index in [0.717, 1.165) is 5.56 Å². The van der Waals surface area contributed by atoms with Gasteiger partial charge in [0.2, 0.25) is 0 Å². The lowest BCUT2D eigenvalue weighted by molar-refractivity contribution is -0.130. The molecule has 1 aromatic rings. The van der Waals surface area contributed by atoms with Crippen molar-refractivity contribution in [3.8, 4) is 5.75 Å². The SMILES string of the molecule is O=C(O)C1=CCc2cc(O)ccc21. The van der Waals surface area contributed by atoms with E-state index in [1.807, 2.05) is 0 Å². The number of phenols is 1. The largest absolute Gasteiger partial charge is 0.508 e. The average Bonchev–Trinajstić information content (AvgIpc) is 2.46. The Morgan fingerprint density at radius 2 is 2.15 bits per heavy atom. The van der Waals surface area contributed by atoms with Crippen molar-refractivity contribution >= 4 is 11.5 Å². The van der Waals surface area contributed by atoms with Gasteiger partial charge < -0.3 is 10.2 Å². The highest BCUT2D eigenvalue weighted by molar-refractivity contribution is 6.17. The van der Waals surface area contributed by atoms with Gasteiger partial charge in [-0.05, 0) is 29.7 Å². The van der Waals surface area contributed by atoms with Crippen molar-refractivity contribution in [3.63, 3.8) is 0 Å². The summed E-state index contributed by atoms with van der Waals surface area (Å²) in [5.74, 6) is -0.733. The second kappa shape index (κ2) is 2.62. The predicted octanol–water partition coefficient (Wildman–Crippen LogP) is 1.42. The normalized spacial score (nSPS) is 13.7. The van der Waals surface area contributed by atoms with Crippen LogP contribution in [0.15, 0.2) is 24.3 Å². The average molecular weight is 176 g/mol. The van der Waals surface area contributed by atoms with Gasteiger partial charge >= 0.3 is 5.97 Å². The Bertz CT molecular complexity index is 405. The Morgan fingerprint density at radius 1 is 1.38 bits per heavy atom. The summed E-state index contributed by atoms with van der Waals surface area (Å²) in [6, 6.07) is 4.74. The van der Waals surface area contributed by atoms with Gasteiger partial charge in [0.05, 0.1) is 5.57 Å². The van der Waals surface area contributed by atoms with E-state index in [1.54, 1.807) is 18.2 Å². The molecule has 66 valence electrons. The molecule has 0 unspecified atom stereocenters. The molecule has 1 aromatic carbocycles. The molecule has 3 heteroatoms. The van der Waals surface area contributed by atoms with Crippen molar-refractivity contribution in [2.45, 2.75) is 6.42 Å². The zero-order valence-corrected chi connectivity index (χ0v) is 6.82. The van der Waals surface area contributed by atoms with E-state index in [4.69, 9.17) is 10.2 Å². The molecule has 0 saturated heterocycles. The Kier molecular flexibility index (Phi) is 1.59. The monoisotopic (exact) mass is 176 g/mol. The van der Waals surface area contributed by atoms with Gasteiger partial charge in [0, 0.05) is 0 Å². The predicted molar refractivity (Wildman–Crippen MR) is 47.4 cm³/mol. The lowest BCUT2D eigenvalue weighted by Gasteiger charge is -2.01. The zero-order chi connectivity index (χ0) is 9.42. The first-order valence-electron chi connectivity index (χ1n) is 3.94. The fourth-order valence-electron chi connectivity index (χ4n) is 1.54. The van der Waals surface area contributed by atoms with Crippen LogP contribution in [-0.4, -0.2) is 16.2 Å². The molecule has 0 aromatic heterocycles. The molecule has 2 rings (SSSR count). The first-order chi connectivity index (χ1) is 6.18. The van der Waals surface area contributed by atoms with E-state index in [0.29, 0.717) is 17.6 Å². The van der Waals surface area contributed by atoms with Crippen molar-refractivity contribution < 1.29 is 15.0 Å². The highest BCUT2D eigenvalue weighted by atomic mass is 16.4. The minimum absolute atomic E-state index is 0.179. The van der Waals surface area contributed by atoms with Gasteiger partial charge in [0.15, 0.2) is 0 Å². The third-order valence-electron chi connectivity index (χ3n) is 2.14. The van der Waals surface area contributed by atoms with Crippen molar-refractivity contribution in [1.29, 1.82) is 0 Å². The number of carboxylic acid groups (broad SMARTS) is 1. The maximum Gasteiger partial charge on any atom is 0.335 e. The van der Waals surface area contributed by atoms with Crippen LogP contribution in [0.25, 0.3) is 5.57 Å². The van der Waals surface area contributed by atoms with Crippen LogP contribution >= 0.6 is 0 Å². The van der Waals surface area contributed by atoms with Crippen molar-refractivity contribution in [2.24, 2.45) is 0 Å². The van der Waals surface area contributed by atoms with Crippen LogP contribution in [0.3, 0.4) is 0 Å². The topological polar surface area (TPSA) is 57.5 Å². The lowest BCUT2D eigenvalue weighted by atomic mass is 10.1. The highest BCUT2D eigenvalue weighted by Gasteiger charge is 2.19. The van der Waals surface area contributed by atoms with Gasteiger partial charge in [-0.3, -0.25) is 0 Å². The van der Waals surface area contributed by atoms with E-state index >= 15 is 0 Å². The van der Waals surface area contributed by atoms with Gasteiger partial charge in [-0.1, -0.05) is 12.1 Å². The van der Waals surface area contributed by atoms with Gasteiger partial charge in [0.25, 0.3) is 0 Å². The molecule has 0 saturated carbocycles. The maximum atomic E-state index is 10.7. The molecule has 0 heterocycles. The van der Waals surface area contributed by atoms with Gasteiger partial charge in [0.1, 0.15) is 5.75 Å². The second-order valence-corrected chi connectivity index (χ2v) is 2.97. The summed E-state index contributed by atoms with van der Waals surface area (Å²) in [5, 5.41) is 17.9. The fourth-order valence-corrected chi connectivity index (χ4v) is 1.54. The summed E-state index contributed by atoms with van der Waals surface area (Å²) in [7, 11) is 0.